The summed E-state index contributed by atoms with van der Waals surface area (Å²) < 4.78 is 33.6. The highest BCUT2D eigenvalue weighted by atomic mass is 32.2. The second-order valence-electron chi connectivity index (χ2n) is 11.2. The Hall–Kier alpha value is -5.03. The van der Waals surface area contributed by atoms with Crippen molar-refractivity contribution in [2.75, 3.05) is 23.3 Å². The van der Waals surface area contributed by atoms with Crippen molar-refractivity contribution < 1.29 is 27.7 Å². The van der Waals surface area contributed by atoms with Gasteiger partial charge >= 0.3 is 0 Å². The van der Waals surface area contributed by atoms with Crippen LogP contribution < -0.4 is 14.4 Å². The van der Waals surface area contributed by atoms with Crippen LogP contribution >= 0.6 is 0 Å². The molecule has 10 nitrogen and oxygen atoms in total. The predicted octanol–water partition coefficient (Wildman–Crippen LogP) is 6.27. The Morgan fingerprint density at radius 3 is 2.16 bits per heavy atom. The zero-order valence-electron chi connectivity index (χ0n) is 25.0. The maximum absolute atomic E-state index is 13.8. The molecule has 0 aromatic heterocycles. The van der Waals surface area contributed by atoms with Crippen molar-refractivity contribution in [3.05, 3.63) is 123 Å². The molecule has 4 aromatic rings. The molecule has 1 amide bonds. The Bertz CT molecular complexity index is 1810. The summed E-state index contributed by atoms with van der Waals surface area (Å²) in [6.07, 6.45) is 0. The van der Waals surface area contributed by atoms with Crippen LogP contribution in [0.5, 0.6) is 5.75 Å². The number of ketones is 1. The maximum Gasteiger partial charge on any atom is 0.273 e. The number of hydrogen-bond acceptors (Lipinski definition) is 7. The zero-order chi connectivity index (χ0) is 32.2. The highest BCUT2D eigenvalue weighted by molar-refractivity contribution is 7.92. The number of nitrogens with one attached hydrogen (secondary N) is 1. The lowest BCUT2D eigenvalue weighted by Gasteiger charge is -2.24. The van der Waals surface area contributed by atoms with E-state index in [1.807, 2.05) is 12.1 Å². The van der Waals surface area contributed by atoms with Crippen molar-refractivity contribution in [3.8, 4) is 5.75 Å². The normalized spacial score (nSPS) is 11.5. The largest absolute Gasteiger partial charge is 0.497 e. The number of carbonyl (C=O) groups excluding carboxylic acids is 2. The summed E-state index contributed by atoms with van der Waals surface area (Å²) in [4.78, 5) is 37.0. The minimum Gasteiger partial charge on any atom is -0.497 e. The molecule has 0 saturated carbocycles. The number of methoxy groups -OCH3 is 1. The van der Waals surface area contributed by atoms with Crippen LogP contribution in [-0.4, -0.2) is 38.7 Å². The maximum atomic E-state index is 13.8. The van der Waals surface area contributed by atoms with E-state index in [0.717, 1.165) is 15.9 Å². The quantitative estimate of drug-likeness (QED) is 0.126. The smallest absolute Gasteiger partial charge is 0.273 e. The van der Waals surface area contributed by atoms with Crippen LogP contribution in [0.3, 0.4) is 0 Å². The number of amides is 1. The Morgan fingerprint density at radius 1 is 0.909 bits per heavy atom. The van der Waals surface area contributed by atoms with E-state index in [1.165, 1.54) is 56.5 Å². The Balaban J connectivity index is 1.61. The molecule has 1 N–H and O–H groups in total. The van der Waals surface area contributed by atoms with Crippen molar-refractivity contribution in [2.45, 2.75) is 38.0 Å². The number of nitro benzene ring substituents is 1. The standard InChI is InChI=1S/C33H33N3O7S/c1-22-9-18-29(20-30(22)36(39)40)44(41,42)35(27-14-16-28(43-5)17-15-27)21-31(37)34-26-8-6-7-24(19-26)32(38)23-10-12-25(13-11-23)33(2,3)4/h6-20H,21H2,1-5H3,(H,34,37). The van der Waals surface area contributed by atoms with Crippen molar-refractivity contribution in [1.29, 1.82) is 0 Å². The van der Waals surface area contributed by atoms with Gasteiger partial charge in [0, 0.05) is 28.4 Å². The summed E-state index contributed by atoms with van der Waals surface area (Å²) in [5, 5.41) is 14.2. The van der Waals surface area contributed by atoms with E-state index in [2.05, 4.69) is 26.1 Å². The molecule has 4 rings (SSSR count). The highest BCUT2D eigenvalue weighted by Gasteiger charge is 2.29. The summed E-state index contributed by atoms with van der Waals surface area (Å²) in [5.41, 5.74) is 2.24. The van der Waals surface area contributed by atoms with E-state index < -0.39 is 27.4 Å². The summed E-state index contributed by atoms with van der Waals surface area (Å²) in [6, 6.07) is 23.3. The van der Waals surface area contributed by atoms with Crippen molar-refractivity contribution in [1.82, 2.24) is 0 Å². The number of hydrogen-bond donors (Lipinski definition) is 1. The zero-order valence-corrected chi connectivity index (χ0v) is 25.8. The molecular weight excluding hydrogens is 582 g/mol. The van der Waals surface area contributed by atoms with Crippen LogP contribution in [0.15, 0.2) is 95.9 Å². The lowest BCUT2D eigenvalue weighted by atomic mass is 9.86. The third kappa shape index (κ3) is 7.12. The lowest BCUT2D eigenvalue weighted by molar-refractivity contribution is -0.385. The number of carbonyl (C=O) groups is 2. The molecule has 44 heavy (non-hydrogen) atoms. The number of nitrogens with zero attached hydrogens (tertiary/aromatic N) is 2. The molecule has 0 bridgehead atoms. The first-order valence-electron chi connectivity index (χ1n) is 13.7. The number of aryl methyl sites for hydroxylation is 1. The number of nitro groups is 1. The topological polar surface area (TPSA) is 136 Å². The molecule has 4 aromatic carbocycles. The molecule has 228 valence electrons. The third-order valence-electron chi connectivity index (χ3n) is 7.03. The van der Waals surface area contributed by atoms with Crippen molar-refractivity contribution in [3.63, 3.8) is 0 Å². The Kier molecular flexibility index (Phi) is 9.19. The first-order valence-corrected chi connectivity index (χ1v) is 15.1. The van der Waals surface area contributed by atoms with Crippen LogP contribution in [-0.2, 0) is 20.2 Å². The van der Waals surface area contributed by atoms with Gasteiger partial charge in [0.05, 0.1) is 22.6 Å². The summed E-state index contributed by atoms with van der Waals surface area (Å²) in [5.74, 6) is -0.453. The monoisotopic (exact) mass is 615 g/mol. The SMILES string of the molecule is COc1ccc(N(CC(=O)Nc2cccc(C(=O)c3ccc(C(C)(C)C)cc3)c2)S(=O)(=O)c2ccc(C)c([N+](=O)[O-])c2)cc1. The minimum absolute atomic E-state index is 0.0624. The molecule has 0 fully saturated rings. The van der Waals surface area contributed by atoms with Gasteiger partial charge in [-0.25, -0.2) is 8.42 Å². The van der Waals surface area contributed by atoms with Gasteiger partial charge in [-0.15, -0.1) is 0 Å². The second-order valence-corrected chi connectivity index (χ2v) is 13.1. The first-order chi connectivity index (χ1) is 20.7. The predicted molar refractivity (Wildman–Crippen MR) is 169 cm³/mol. The van der Waals surface area contributed by atoms with E-state index in [1.54, 1.807) is 30.3 Å². The molecule has 0 atom stereocenters. The van der Waals surface area contributed by atoms with Crippen molar-refractivity contribution >= 4 is 38.8 Å². The van der Waals surface area contributed by atoms with Gasteiger partial charge in [0.15, 0.2) is 5.78 Å². The van der Waals surface area contributed by atoms with Crippen molar-refractivity contribution in [2.24, 2.45) is 0 Å². The molecule has 11 heteroatoms. The molecule has 0 spiro atoms. The van der Waals surface area contributed by atoms with Gasteiger partial charge in [-0.3, -0.25) is 24.0 Å². The average molecular weight is 616 g/mol. The fourth-order valence-electron chi connectivity index (χ4n) is 4.49. The van der Waals surface area contributed by atoms with Crippen LogP contribution in [0.4, 0.5) is 17.1 Å². The molecule has 0 radical (unpaired) electrons. The molecule has 0 unspecified atom stereocenters. The number of sulfonamides is 1. The Morgan fingerprint density at radius 2 is 1.57 bits per heavy atom. The van der Waals surface area contributed by atoms with E-state index in [0.29, 0.717) is 28.1 Å². The van der Waals surface area contributed by atoms with Gasteiger partial charge in [0.2, 0.25) is 5.91 Å². The summed E-state index contributed by atoms with van der Waals surface area (Å²) in [7, 11) is -2.97. The number of benzene rings is 4. The second kappa shape index (κ2) is 12.7. The van der Waals surface area contributed by atoms with Gasteiger partial charge in [-0.05, 0) is 60.4 Å². The van der Waals surface area contributed by atoms with Crippen LogP contribution in [0, 0.1) is 17.0 Å². The van der Waals surface area contributed by atoms with Gasteiger partial charge in [-0.2, -0.15) is 0 Å². The van der Waals surface area contributed by atoms with Gasteiger partial charge < -0.3 is 10.1 Å². The van der Waals surface area contributed by atoms with Crippen LogP contribution in [0.1, 0.15) is 47.8 Å². The van der Waals surface area contributed by atoms with Crippen LogP contribution in [0.2, 0.25) is 0 Å². The number of rotatable bonds is 10. The fourth-order valence-corrected chi connectivity index (χ4v) is 5.94. The lowest BCUT2D eigenvalue weighted by Crippen LogP contribution is -2.38. The molecule has 0 aliphatic heterocycles. The van der Waals surface area contributed by atoms with E-state index in [4.69, 9.17) is 4.74 Å². The number of ether oxygens (including phenoxy) is 1. The minimum atomic E-state index is -4.43. The van der Waals surface area contributed by atoms with E-state index in [9.17, 15) is 28.1 Å². The van der Waals surface area contributed by atoms with Gasteiger partial charge in [-0.1, -0.05) is 63.2 Å². The summed E-state index contributed by atoms with van der Waals surface area (Å²) >= 11 is 0. The molecule has 0 saturated heterocycles. The van der Waals surface area contributed by atoms with E-state index in [-0.39, 0.29) is 27.5 Å². The third-order valence-corrected chi connectivity index (χ3v) is 8.80. The fraction of sp³-hybridized carbons (Fsp3) is 0.212. The highest BCUT2D eigenvalue weighted by Crippen LogP contribution is 2.29. The first kappa shape index (κ1) is 31.9. The molecule has 0 aliphatic carbocycles. The van der Waals surface area contributed by atoms with E-state index >= 15 is 0 Å². The molecular formula is C33H33N3O7S. The average Bonchev–Trinajstić information content (AvgIpc) is 2.99. The molecule has 0 heterocycles. The number of anilines is 2. The Labute approximate surface area is 256 Å². The van der Waals surface area contributed by atoms with Crippen LogP contribution in [0.25, 0.3) is 0 Å². The summed E-state index contributed by atoms with van der Waals surface area (Å²) in [6.45, 7) is 7.11. The molecule has 0 aliphatic rings. The van der Waals surface area contributed by atoms with Gasteiger partial charge in [0.25, 0.3) is 15.7 Å². The van der Waals surface area contributed by atoms with Gasteiger partial charge in [0.1, 0.15) is 12.3 Å².